The highest BCUT2D eigenvalue weighted by molar-refractivity contribution is 7.79. The van der Waals surface area contributed by atoms with Crippen LogP contribution in [-0.2, 0) is 6.42 Å². The lowest BCUT2D eigenvalue weighted by atomic mass is 9.88. The lowest BCUT2D eigenvalue weighted by Gasteiger charge is -2.30. The zero-order chi connectivity index (χ0) is 26.5. The highest BCUT2D eigenvalue weighted by Gasteiger charge is 2.44. The molecule has 0 aliphatic carbocycles. The third-order valence-corrected chi connectivity index (χ3v) is 5.36. The fourth-order valence-electron chi connectivity index (χ4n) is 3.96. The molecule has 194 valence electrons. The van der Waals surface area contributed by atoms with E-state index in [2.05, 4.69) is 27.4 Å². The molecule has 1 unspecified atom stereocenters. The molecule has 4 rings (SSSR count). The highest BCUT2D eigenvalue weighted by atomic mass is 32.1. The van der Waals surface area contributed by atoms with Gasteiger partial charge in [0, 0.05) is 11.3 Å². The number of rotatable bonds is 6. The fourth-order valence-corrected chi connectivity index (χ4v) is 3.96. The van der Waals surface area contributed by atoms with Crippen molar-refractivity contribution in [3.05, 3.63) is 77.9 Å². The van der Waals surface area contributed by atoms with Gasteiger partial charge in [-0.05, 0) is 60.1 Å². The minimum absolute atomic E-state index is 0.291. The standard InChI is InChI=1S/C24H18F7NO2.CH4S/c25-22(26)23(27,28)34-21-10-2-1-7-18(21)20-12-11-17-16(8-4-9-19(17)32-20)14-5-3-6-15(13-14)33-24(29,30)31;1-2/h1-10,13,20,22,32H,11-12H2;2H,1H3. The molecule has 1 aliphatic heterocycles. The summed E-state index contributed by atoms with van der Waals surface area (Å²) in [5.41, 5.74) is 2.95. The highest BCUT2D eigenvalue weighted by Crippen LogP contribution is 2.42. The maximum absolute atomic E-state index is 13.5. The molecule has 3 nitrogen and oxygen atoms in total. The average Bonchev–Trinajstić information content (AvgIpc) is 2.84. The van der Waals surface area contributed by atoms with Crippen molar-refractivity contribution in [3.63, 3.8) is 0 Å². The van der Waals surface area contributed by atoms with Gasteiger partial charge in [0.15, 0.2) is 0 Å². The average molecular weight is 534 g/mol. The van der Waals surface area contributed by atoms with Gasteiger partial charge in [-0.1, -0.05) is 42.5 Å². The predicted octanol–water partition coefficient (Wildman–Crippen LogP) is 8.13. The van der Waals surface area contributed by atoms with Gasteiger partial charge in [-0.2, -0.15) is 30.2 Å². The van der Waals surface area contributed by atoms with Crippen molar-refractivity contribution in [2.45, 2.75) is 37.8 Å². The van der Waals surface area contributed by atoms with Crippen LogP contribution in [-0.4, -0.2) is 25.2 Å². The minimum atomic E-state index is -4.82. The summed E-state index contributed by atoms with van der Waals surface area (Å²) in [5.74, 6) is -0.711. The molecule has 1 atom stereocenters. The molecule has 3 aromatic carbocycles. The quantitative estimate of drug-likeness (QED) is 0.248. The van der Waals surface area contributed by atoms with Gasteiger partial charge in [0.1, 0.15) is 11.5 Å². The number of fused-ring (bicyclic) bond motifs is 1. The second-order valence-electron chi connectivity index (χ2n) is 7.65. The molecule has 0 saturated carbocycles. The monoisotopic (exact) mass is 533 g/mol. The van der Waals surface area contributed by atoms with Crippen LogP contribution < -0.4 is 14.8 Å². The lowest BCUT2D eigenvalue weighted by molar-refractivity contribution is -0.274. The number of anilines is 1. The Hall–Kier alpha value is -3.08. The Morgan fingerprint density at radius 1 is 0.889 bits per heavy atom. The van der Waals surface area contributed by atoms with E-state index in [1.54, 1.807) is 36.6 Å². The molecule has 36 heavy (non-hydrogen) atoms. The Kier molecular flexibility index (Phi) is 8.65. The van der Waals surface area contributed by atoms with Crippen molar-refractivity contribution in [3.8, 4) is 22.6 Å². The summed E-state index contributed by atoms with van der Waals surface area (Å²) < 4.78 is 98.5. The van der Waals surface area contributed by atoms with Crippen LogP contribution in [0.3, 0.4) is 0 Å². The van der Waals surface area contributed by atoms with Crippen molar-refractivity contribution in [1.82, 2.24) is 0 Å². The summed E-state index contributed by atoms with van der Waals surface area (Å²) in [7, 11) is 0. The third-order valence-electron chi connectivity index (χ3n) is 5.36. The van der Waals surface area contributed by atoms with Gasteiger partial charge in [0.05, 0.1) is 6.04 Å². The molecular weight excluding hydrogens is 511 g/mol. The summed E-state index contributed by atoms with van der Waals surface area (Å²) in [6.45, 7) is 0. The van der Waals surface area contributed by atoms with Crippen LogP contribution in [0.15, 0.2) is 66.7 Å². The molecule has 0 aromatic heterocycles. The van der Waals surface area contributed by atoms with Crippen LogP contribution in [0.2, 0.25) is 0 Å². The molecule has 1 N–H and O–H groups in total. The van der Waals surface area contributed by atoms with E-state index in [0.29, 0.717) is 35.2 Å². The van der Waals surface area contributed by atoms with E-state index in [1.807, 2.05) is 0 Å². The van der Waals surface area contributed by atoms with Gasteiger partial charge in [-0.25, -0.2) is 0 Å². The van der Waals surface area contributed by atoms with Crippen LogP contribution in [0.25, 0.3) is 11.1 Å². The van der Waals surface area contributed by atoms with Crippen LogP contribution in [0.4, 0.5) is 36.4 Å². The maximum Gasteiger partial charge on any atom is 0.573 e. The minimum Gasteiger partial charge on any atom is -0.428 e. The van der Waals surface area contributed by atoms with Crippen molar-refractivity contribution in [2.75, 3.05) is 11.6 Å². The molecule has 0 radical (unpaired) electrons. The van der Waals surface area contributed by atoms with Crippen LogP contribution in [0.1, 0.15) is 23.6 Å². The van der Waals surface area contributed by atoms with Crippen molar-refractivity contribution >= 4 is 18.3 Å². The zero-order valence-electron chi connectivity index (χ0n) is 18.8. The lowest BCUT2D eigenvalue weighted by Crippen LogP contribution is -2.34. The summed E-state index contributed by atoms with van der Waals surface area (Å²) in [5, 5.41) is 3.21. The largest absolute Gasteiger partial charge is 0.573 e. The number of hydrogen-bond acceptors (Lipinski definition) is 4. The normalized spacial score (nSPS) is 15.3. The Bertz CT molecular complexity index is 1170. The topological polar surface area (TPSA) is 30.5 Å². The Balaban J connectivity index is 0.00000176. The number of thiol groups is 1. The molecular formula is C25H22F7NO2S. The second kappa shape index (κ2) is 11.3. The Morgan fingerprint density at radius 2 is 1.58 bits per heavy atom. The number of ether oxygens (including phenoxy) is 2. The molecule has 0 bridgehead atoms. The first kappa shape index (κ1) is 27.5. The predicted molar refractivity (Wildman–Crippen MR) is 126 cm³/mol. The van der Waals surface area contributed by atoms with E-state index in [1.165, 1.54) is 36.4 Å². The number of halogens is 7. The van der Waals surface area contributed by atoms with Gasteiger partial charge in [0.2, 0.25) is 0 Å². The molecule has 0 fully saturated rings. The van der Waals surface area contributed by atoms with Gasteiger partial charge in [-0.3, -0.25) is 0 Å². The zero-order valence-corrected chi connectivity index (χ0v) is 19.7. The molecule has 0 amide bonds. The van der Waals surface area contributed by atoms with E-state index in [9.17, 15) is 30.7 Å². The molecule has 1 heterocycles. The van der Waals surface area contributed by atoms with Crippen LogP contribution in [0.5, 0.6) is 11.5 Å². The maximum atomic E-state index is 13.5. The number of hydrogen-bond donors (Lipinski definition) is 2. The van der Waals surface area contributed by atoms with E-state index < -0.39 is 24.9 Å². The molecule has 3 aromatic rings. The third kappa shape index (κ3) is 6.57. The van der Waals surface area contributed by atoms with E-state index >= 15 is 0 Å². The van der Waals surface area contributed by atoms with Gasteiger partial charge in [0.25, 0.3) is 0 Å². The Labute approximate surface area is 208 Å². The number of benzene rings is 3. The first-order valence-electron chi connectivity index (χ1n) is 10.7. The second-order valence-corrected chi connectivity index (χ2v) is 7.65. The van der Waals surface area contributed by atoms with Gasteiger partial charge < -0.3 is 14.8 Å². The summed E-state index contributed by atoms with van der Waals surface area (Å²) >= 11 is 3.53. The van der Waals surface area contributed by atoms with E-state index in [-0.39, 0.29) is 11.5 Å². The van der Waals surface area contributed by atoms with Crippen LogP contribution in [0, 0.1) is 0 Å². The number of alkyl halides is 7. The first-order valence-corrected chi connectivity index (χ1v) is 11.6. The first-order chi connectivity index (χ1) is 17.0. The number of nitrogens with one attached hydrogen (secondary N) is 1. The van der Waals surface area contributed by atoms with E-state index in [0.717, 1.165) is 5.56 Å². The van der Waals surface area contributed by atoms with Crippen molar-refractivity contribution in [1.29, 1.82) is 0 Å². The Morgan fingerprint density at radius 3 is 2.28 bits per heavy atom. The number of para-hydroxylation sites is 1. The molecule has 1 aliphatic rings. The summed E-state index contributed by atoms with van der Waals surface area (Å²) in [6, 6.07) is 16.0. The smallest absolute Gasteiger partial charge is 0.428 e. The fraction of sp³-hybridized carbons (Fsp3) is 0.280. The summed E-state index contributed by atoms with van der Waals surface area (Å²) in [4.78, 5) is 0. The van der Waals surface area contributed by atoms with Crippen molar-refractivity contribution < 1.29 is 40.2 Å². The van der Waals surface area contributed by atoms with Crippen LogP contribution >= 0.6 is 12.6 Å². The SMILES string of the molecule is CS.FC(F)C(F)(F)Oc1ccccc1C1CCc2c(cccc2-c2cccc(OC(F)(F)F)c2)N1. The summed E-state index contributed by atoms with van der Waals surface area (Å²) in [6.07, 6.45) is -10.9. The van der Waals surface area contributed by atoms with Crippen molar-refractivity contribution in [2.24, 2.45) is 0 Å². The molecule has 11 heteroatoms. The van der Waals surface area contributed by atoms with Gasteiger partial charge >= 0.3 is 18.9 Å². The molecule has 0 spiro atoms. The van der Waals surface area contributed by atoms with Gasteiger partial charge in [-0.15, -0.1) is 13.2 Å². The molecule has 0 saturated heterocycles. The van der Waals surface area contributed by atoms with E-state index in [4.69, 9.17) is 0 Å².